The Morgan fingerprint density at radius 1 is 1.06 bits per heavy atom. The van der Waals surface area contributed by atoms with E-state index in [0.717, 1.165) is 11.1 Å². The first kappa shape index (κ1) is 23.8. The normalized spacial score (nSPS) is 11.1. The highest BCUT2D eigenvalue weighted by molar-refractivity contribution is 5.95. The van der Waals surface area contributed by atoms with Crippen LogP contribution in [-0.4, -0.2) is 27.5 Å². The molecule has 0 fully saturated rings. The largest absolute Gasteiger partial charge is 0.445 e. The zero-order valence-electron chi connectivity index (χ0n) is 19.1. The summed E-state index contributed by atoms with van der Waals surface area (Å²) in [7, 11) is 0. The standard InChI is InChI=1S/C25H27FN4O3/c1-16-21(14-27-22(29-16)19-9-6-10-20(26)12-19)23(31)28-13-17-7-5-8-18(11-17)15-33-24(32)30-25(2,3)4/h5-12,14H,13,15H2,1-4H3,(H,28,31)(H,30,32). The molecule has 0 spiro atoms. The zero-order chi connectivity index (χ0) is 24.0. The first-order valence-electron chi connectivity index (χ1n) is 10.5. The second kappa shape index (κ2) is 10.2. The summed E-state index contributed by atoms with van der Waals surface area (Å²) >= 11 is 0. The average molecular weight is 451 g/mol. The van der Waals surface area contributed by atoms with Crippen LogP contribution < -0.4 is 10.6 Å². The maximum absolute atomic E-state index is 13.5. The predicted molar refractivity (Wildman–Crippen MR) is 123 cm³/mol. The molecule has 2 amide bonds. The molecule has 1 aromatic heterocycles. The van der Waals surface area contributed by atoms with E-state index in [1.54, 1.807) is 19.1 Å². The Balaban J connectivity index is 1.59. The van der Waals surface area contributed by atoms with Crippen molar-refractivity contribution in [1.29, 1.82) is 0 Å². The molecule has 3 rings (SSSR count). The van der Waals surface area contributed by atoms with Gasteiger partial charge in [0.1, 0.15) is 12.4 Å². The van der Waals surface area contributed by atoms with Gasteiger partial charge in [-0.2, -0.15) is 0 Å². The molecule has 0 aliphatic carbocycles. The van der Waals surface area contributed by atoms with Gasteiger partial charge in [-0.05, 0) is 51.0 Å². The third-order valence-corrected chi connectivity index (χ3v) is 4.60. The number of ether oxygens (including phenoxy) is 1. The highest BCUT2D eigenvalue weighted by Crippen LogP contribution is 2.17. The molecule has 0 bridgehead atoms. The van der Waals surface area contributed by atoms with Crippen LogP contribution in [0.2, 0.25) is 0 Å². The smallest absolute Gasteiger partial charge is 0.407 e. The van der Waals surface area contributed by atoms with E-state index in [1.165, 1.54) is 18.3 Å². The van der Waals surface area contributed by atoms with Crippen molar-refractivity contribution in [3.63, 3.8) is 0 Å². The first-order valence-corrected chi connectivity index (χ1v) is 10.5. The zero-order valence-corrected chi connectivity index (χ0v) is 19.1. The number of nitrogens with zero attached hydrogens (tertiary/aromatic N) is 2. The van der Waals surface area contributed by atoms with Crippen molar-refractivity contribution in [2.75, 3.05) is 0 Å². The fourth-order valence-electron chi connectivity index (χ4n) is 3.05. The molecule has 0 saturated carbocycles. The van der Waals surface area contributed by atoms with Crippen molar-refractivity contribution in [1.82, 2.24) is 20.6 Å². The molecule has 33 heavy (non-hydrogen) atoms. The van der Waals surface area contributed by atoms with Crippen LogP contribution in [0.1, 0.15) is 48.0 Å². The summed E-state index contributed by atoms with van der Waals surface area (Å²) in [5.41, 5.74) is 2.67. The minimum absolute atomic E-state index is 0.123. The number of aryl methyl sites for hydroxylation is 1. The van der Waals surface area contributed by atoms with Gasteiger partial charge in [0.05, 0.1) is 11.3 Å². The minimum atomic E-state index is -0.488. The lowest BCUT2D eigenvalue weighted by molar-refractivity contribution is 0.0949. The molecule has 1 heterocycles. The van der Waals surface area contributed by atoms with Gasteiger partial charge in [0.15, 0.2) is 5.82 Å². The number of amides is 2. The van der Waals surface area contributed by atoms with E-state index in [0.29, 0.717) is 22.6 Å². The summed E-state index contributed by atoms with van der Waals surface area (Å²) in [6.07, 6.45) is 0.953. The molecule has 8 heteroatoms. The molecule has 0 aliphatic rings. The lowest BCUT2D eigenvalue weighted by Crippen LogP contribution is -2.40. The highest BCUT2D eigenvalue weighted by Gasteiger charge is 2.15. The molecule has 2 N–H and O–H groups in total. The first-order chi connectivity index (χ1) is 15.6. The summed E-state index contributed by atoms with van der Waals surface area (Å²) in [6, 6.07) is 13.4. The quantitative estimate of drug-likeness (QED) is 0.575. The maximum Gasteiger partial charge on any atom is 0.407 e. The molecular formula is C25H27FN4O3. The van der Waals surface area contributed by atoms with Gasteiger partial charge in [0, 0.05) is 23.8 Å². The van der Waals surface area contributed by atoms with Crippen LogP contribution in [0.25, 0.3) is 11.4 Å². The van der Waals surface area contributed by atoms with Crippen LogP contribution in [0, 0.1) is 12.7 Å². The third-order valence-electron chi connectivity index (χ3n) is 4.60. The number of carbonyl (C=O) groups is 2. The van der Waals surface area contributed by atoms with Gasteiger partial charge in [0.2, 0.25) is 0 Å². The second-order valence-electron chi connectivity index (χ2n) is 8.66. The van der Waals surface area contributed by atoms with E-state index in [2.05, 4.69) is 20.6 Å². The molecule has 172 valence electrons. The van der Waals surface area contributed by atoms with Gasteiger partial charge in [-0.3, -0.25) is 4.79 Å². The van der Waals surface area contributed by atoms with Gasteiger partial charge in [-0.25, -0.2) is 19.2 Å². The van der Waals surface area contributed by atoms with Gasteiger partial charge in [-0.1, -0.05) is 36.4 Å². The van der Waals surface area contributed by atoms with E-state index in [9.17, 15) is 14.0 Å². The van der Waals surface area contributed by atoms with E-state index in [1.807, 2.05) is 45.0 Å². The maximum atomic E-state index is 13.5. The molecule has 0 atom stereocenters. The van der Waals surface area contributed by atoms with Crippen molar-refractivity contribution >= 4 is 12.0 Å². The SMILES string of the molecule is Cc1nc(-c2cccc(F)c2)ncc1C(=O)NCc1cccc(COC(=O)NC(C)(C)C)c1. The summed E-state index contributed by atoms with van der Waals surface area (Å²) in [6.45, 7) is 7.74. The highest BCUT2D eigenvalue weighted by atomic mass is 19.1. The van der Waals surface area contributed by atoms with Gasteiger partial charge in [0.25, 0.3) is 5.91 Å². The molecular weight excluding hydrogens is 423 g/mol. The van der Waals surface area contributed by atoms with Gasteiger partial charge in [-0.15, -0.1) is 0 Å². The number of halogens is 1. The Hall–Kier alpha value is -3.81. The Morgan fingerprint density at radius 3 is 2.48 bits per heavy atom. The Labute approximate surface area is 192 Å². The van der Waals surface area contributed by atoms with Crippen molar-refractivity contribution in [2.45, 2.75) is 46.4 Å². The fourth-order valence-corrected chi connectivity index (χ4v) is 3.05. The van der Waals surface area contributed by atoms with Crippen molar-refractivity contribution < 1.29 is 18.7 Å². The number of alkyl carbamates (subject to hydrolysis) is 1. The number of nitrogens with one attached hydrogen (secondary N) is 2. The van der Waals surface area contributed by atoms with E-state index >= 15 is 0 Å². The van der Waals surface area contributed by atoms with E-state index in [-0.39, 0.29) is 30.4 Å². The number of rotatable bonds is 6. The third kappa shape index (κ3) is 7.10. The predicted octanol–water partition coefficient (Wildman–Crippen LogP) is 4.55. The van der Waals surface area contributed by atoms with Crippen LogP contribution in [0.4, 0.5) is 9.18 Å². The molecule has 3 aromatic rings. The molecule has 0 saturated heterocycles. The minimum Gasteiger partial charge on any atom is -0.445 e. The lowest BCUT2D eigenvalue weighted by atomic mass is 10.1. The number of hydrogen-bond acceptors (Lipinski definition) is 5. The van der Waals surface area contributed by atoms with E-state index < -0.39 is 6.09 Å². The number of hydrogen-bond donors (Lipinski definition) is 2. The van der Waals surface area contributed by atoms with Crippen molar-refractivity contribution in [3.05, 3.63) is 82.9 Å². The molecule has 0 unspecified atom stereocenters. The van der Waals surface area contributed by atoms with E-state index in [4.69, 9.17) is 4.74 Å². The summed E-state index contributed by atoms with van der Waals surface area (Å²) in [4.78, 5) is 33.0. The van der Waals surface area contributed by atoms with Gasteiger partial charge >= 0.3 is 6.09 Å². The van der Waals surface area contributed by atoms with Crippen LogP contribution in [0.3, 0.4) is 0 Å². The summed E-state index contributed by atoms with van der Waals surface area (Å²) in [5.74, 6) is -0.339. The Bertz CT molecular complexity index is 1160. The fraction of sp³-hybridized carbons (Fsp3) is 0.280. The summed E-state index contributed by atoms with van der Waals surface area (Å²) in [5, 5.41) is 5.58. The number of benzene rings is 2. The van der Waals surface area contributed by atoms with Crippen molar-refractivity contribution in [3.8, 4) is 11.4 Å². The Kier molecular flexibility index (Phi) is 7.37. The average Bonchev–Trinajstić information content (AvgIpc) is 2.75. The molecule has 0 radical (unpaired) electrons. The molecule has 0 aliphatic heterocycles. The number of carbonyl (C=O) groups excluding carboxylic acids is 2. The van der Waals surface area contributed by atoms with Gasteiger partial charge < -0.3 is 15.4 Å². The van der Waals surface area contributed by atoms with Crippen molar-refractivity contribution in [2.24, 2.45) is 0 Å². The second-order valence-corrected chi connectivity index (χ2v) is 8.66. The van der Waals surface area contributed by atoms with Crippen LogP contribution in [0.15, 0.2) is 54.7 Å². The van der Waals surface area contributed by atoms with Crippen LogP contribution >= 0.6 is 0 Å². The topological polar surface area (TPSA) is 93.2 Å². The van der Waals surface area contributed by atoms with Crippen LogP contribution in [-0.2, 0) is 17.9 Å². The summed E-state index contributed by atoms with van der Waals surface area (Å²) < 4.78 is 18.7. The van der Waals surface area contributed by atoms with Crippen LogP contribution in [0.5, 0.6) is 0 Å². The lowest BCUT2D eigenvalue weighted by Gasteiger charge is -2.20. The Morgan fingerprint density at radius 2 is 1.79 bits per heavy atom. The molecule has 7 nitrogen and oxygen atoms in total. The number of aromatic nitrogens is 2. The monoisotopic (exact) mass is 450 g/mol. The molecule has 2 aromatic carbocycles.